The van der Waals surface area contributed by atoms with Crippen LogP contribution in [0.5, 0.6) is 5.75 Å². The smallest absolute Gasteiger partial charge is 0.327 e. The summed E-state index contributed by atoms with van der Waals surface area (Å²) in [5.74, 6) is 0.640. The van der Waals surface area contributed by atoms with Gasteiger partial charge < -0.3 is 9.47 Å². The molecule has 0 radical (unpaired) electrons. The molecule has 0 amide bonds. The van der Waals surface area contributed by atoms with Crippen molar-refractivity contribution in [3.05, 3.63) is 28.8 Å². The van der Waals surface area contributed by atoms with Crippen molar-refractivity contribution in [3.63, 3.8) is 0 Å². The first kappa shape index (κ1) is 15.5. The van der Waals surface area contributed by atoms with Crippen LogP contribution in [0.3, 0.4) is 0 Å². The van der Waals surface area contributed by atoms with E-state index in [0.29, 0.717) is 6.61 Å². The van der Waals surface area contributed by atoms with Crippen molar-refractivity contribution in [1.82, 2.24) is 4.90 Å². The lowest BCUT2D eigenvalue weighted by Gasteiger charge is -2.24. The van der Waals surface area contributed by atoms with Crippen LogP contribution in [0, 0.1) is 13.8 Å². The van der Waals surface area contributed by atoms with Gasteiger partial charge in [0.25, 0.3) is 0 Å². The zero-order valence-electron chi connectivity index (χ0n) is 12.6. The number of carbonyl (C=O) groups is 1. The Morgan fingerprint density at radius 3 is 2.16 bits per heavy atom. The molecule has 4 heteroatoms. The van der Waals surface area contributed by atoms with E-state index in [9.17, 15) is 4.79 Å². The zero-order valence-corrected chi connectivity index (χ0v) is 12.6. The molecule has 1 atom stereocenters. The number of hydrogen-bond donors (Lipinski definition) is 0. The average molecular weight is 265 g/mol. The first-order valence-corrected chi connectivity index (χ1v) is 6.40. The minimum Gasteiger partial charge on any atom is -0.496 e. The molecule has 0 fully saturated rings. The van der Waals surface area contributed by atoms with E-state index in [-0.39, 0.29) is 12.0 Å². The van der Waals surface area contributed by atoms with Crippen LogP contribution in [0.15, 0.2) is 12.1 Å². The Morgan fingerprint density at radius 1 is 1.26 bits per heavy atom. The fraction of sp³-hybridized carbons (Fsp3) is 0.533. The fourth-order valence-corrected chi connectivity index (χ4v) is 2.33. The predicted molar refractivity (Wildman–Crippen MR) is 75.5 cm³/mol. The maximum absolute atomic E-state index is 12.1. The Hall–Kier alpha value is -1.55. The molecule has 0 aliphatic rings. The van der Waals surface area contributed by atoms with Crippen molar-refractivity contribution in [2.75, 3.05) is 27.8 Å². The molecule has 0 aliphatic carbocycles. The van der Waals surface area contributed by atoms with E-state index in [1.165, 1.54) is 0 Å². The lowest BCUT2D eigenvalue weighted by molar-refractivity contribution is -0.148. The molecule has 1 rings (SSSR count). The average Bonchev–Trinajstić information content (AvgIpc) is 2.28. The van der Waals surface area contributed by atoms with E-state index in [4.69, 9.17) is 9.47 Å². The molecule has 0 aliphatic heterocycles. The highest BCUT2D eigenvalue weighted by atomic mass is 16.5. The van der Waals surface area contributed by atoms with Crippen LogP contribution in [0.25, 0.3) is 0 Å². The van der Waals surface area contributed by atoms with Crippen LogP contribution < -0.4 is 4.74 Å². The highest BCUT2D eigenvalue weighted by Gasteiger charge is 2.25. The van der Waals surface area contributed by atoms with Gasteiger partial charge in [-0.05, 0) is 51.6 Å². The number of ether oxygens (including phenoxy) is 2. The molecule has 4 nitrogen and oxygen atoms in total. The summed E-state index contributed by atoms with van der Waals surface area (Å²) in [6.07, 6.45) is 0. The van der Waals surface area contributed by atoms with Crippen molar-refractivity contribution >= 4 is 5.97 Å². The third-order valence-electron chi connectivity index (χ3n) is 3.03. The fourth-order valence-electron chi connectivity index (χ4n) is 2.33. The molecule has 1 aromatic carbocycles. The Morgan fingerprint density at radius 2 is 1.79 bits per heavy atom. The van der Waals surface area contributed by atoms with Gasteiger partial charge in [-0.1, -0.05) is 12.1 Å². The highest BCUT2D eigenvalue weighted by molar-refractivity contribution is 5.78. The summed E-state index contributed by atoms with van der Waals surface area (Å²) in [5.41, 5.74) is 2.97. The number of nitrogens with zero attached hydrogens (tertiary/aromatic N) is 1. The first-order valence-electron chi connectivity index (χ1n) is 6.40. The van der Waals surface area contributed by atoms with Gasteiger partial charge in [0.2, 0.25) is 0 Å². The minimum atomic E-state index is -0.386. The third-order valence-corrected chi connectivity index (χ3v) is 3.03. The summed E-state index contributed by atoms with van der Waals surface area (Å²) in [6.45, 7) is 6.16. The molecule has 106 valence electrons. The number of benzene rings is 1. The van der Waals surface area contributed by atoms with Gasteiger partial charge in [0.1, 0.15) is 11.8 Å². The first-order chi connectivity index (χ1) is 8.92. The van der Waals surface area contributed by atoms with E-state index >= 15 is 0 Å². The van der Waals surface area contributed by atoms with Crippen molar-refractivity contribution in [1.29, 1.82) is 0 Å². The van der Waals surface area contributed by atoms with Crippen LogP contribution in [0.2, 0.25) is 0 Å². The van der Waals surface area contributed by atoms with Gasteiger partial charge >= 0.3 is 5.97 Å². The molecule has 0 aromatic heterocycles. The third kappa shape index (κ3) is 3.47. The van der Waals surface area contributed by atoms with Gasteiger partial charge in [0, 0.05) is 0 Å². The van der Waals surface area contributed by atoms with Crippen LogP contribution in [-0.2, 0) is 9.53 Å². The van der Waals surface area contributed by atoms with E-state index < -0.39 is 0 Å². The molecule has 0 saturated carbocycles. The van der Waals surface area contributed by atoms with Crippen molar-refractivity contribution in [2.45, 2.75) is 26.8 Å². The van der Waals surface area contributed by atoms with E-state index in [2.05, 4.69) is 0 Å². The number of hydrogen-bond acceptors (Lipinski definition) is 4. The Labute approximate surface area is 115 Å². The molecular formula is C15H23NO3. The van der Waals surface area contributed by atoms with E-state index in [1.54, 1.807) is 7.11 Å². The number of aryl methyl sites for hydroxylation is 2. The number of esters is 1. The molecule has 19 heavy (non-hydrogen) atoms. The van der Waals surface area contributed by atoms with Crippen LogP contribution in [0.1, 0.15) is 29.7 Å². The van der Waals surface area contributed by atoms with Crippen molar-refractivity contribution < 1.29 is 14.3 Å². The van der Waals surface area contributed by atoms with Crippen LogP contribution in [-0.4, -0.2) is 38.7 Å². The molecule has 0 spiro atoms. The minimum absolute atomic E-state index is 0.225. The summed E-state index contributed by atoms with van der Waals surface area (Å²) < 4.78 is 10.5. The molecule has 1 aromatic rings. The van der Waals surface area contributed by atoms with Gasteiger partial charge in [0.05, 0.1) is 13.7 Å². The second kappa shape index (κ2) is 6.57. The van der Waals surface area contributed by atoms with E-state index in [0.717, 1.165) is 22.4 Å². The molecule has 0 heterocycles. The lowest BCUT2D eigenvalue weighted by Crippen LogP contribution is -2.29. The molecule has 0 saturated heterocycles. The Kier molecular flexibility index (Phi) is 5.36. The second-order valence-corrected chi connectivity index (χ2v) is 4.81. The summed E-state index contributed by atoms with van der Waals surface area (Å²) >= 11 is 0. The topological polar surface area (TPSA) is 38.8 Å². The van der Waals surface area contributed by atoms with Gasteiger partial charge in [-0.25, -0.2) is 4.79 Å². The van der Waals surface area contributed by atoms with Gasteiger partial charge in [-0.15, -0.1) is 0 Å². The number of carbonyl (C=O) groups excluding carboxylic acids is 1. The van der Waals surface area contributed by atoms with Gasteiger partial charge in [-0.2, -0.15) is 0 Å². The number of likely N-dealkylation sites (N-methyl/N-ethyl adjacent to an activating group) is 1. The number of methoxy groups -OCH3 is 1. The Bertz CT molecular complexity index is 432. The van der Waals surface area contributed by atoms with Gasteiger partial charge in [0.15, 0.2) is 0 Å². The van der Waals surface area contributed by atoms with Crippen LogP contribution in [0.4, 0.5) is 0 Å². The molecule has 0 N–H and O–H groups in total. The second-order valence-electron chi connectivity index (χ2n) is 4.81. The largest absolute Gasteiger partial charge is 0.496 e. The maximum atomic E-state index is 12.1. The quantitative estimate of drug-likeness (QED) is 0.767. The van der Waals surface area contributed by atoms with Gasteiger partial charge in [-0.3, -0.25) is 4.90 Å². The number of rotatable bonds is 5. The van der Waals surface area contributed by atoms with E-state index in [1.807, 2.05) is 51.9 Å². The summed E-state index contributed by atoms with van der Waals surface area (Å²) in [5, 5.41) is 0. The highest BCUT2D eigenvalue weighted by Crippen LogP contribution is 2.29. The maximum Gasteiger partial charge on any atom is 0.327 e. The standard InChI is InChI=1S/C15H23NO3/c1-7-19-15(17)13(16(4)5)12-8-10(2)14(18-6)11(3)9-12/h8-9,13H,7H2,1-6H3. The van der Waals surface area contributed by atoms with Crippen LogP contribution >= 0.6 is 0 Å². The monoisotopic (exact) mass is 265 g/mol. The normalized spacial score (nSPS) is 12.4. The molecular weight excluding hydrogens is 242 g/mol. The lowest BCUT2D eigenvalue weighted by atomic mass is 9.99. The SMILES string of the molecule is CCOC(=O)C(c1cc(C)c(OC)c(C)c1)N(C)C. The molecule has 0 bridgehead atoms. The summed E-state index contributed by atoms with van der Waals surface area (Å²) in [4.78, 5) is 13.9. The molecule has 1 unspecified atom stereocenters. The van der Waals surface area contributed by atoms with Crippen molar-refractivity contribution in [2.24, 2.45) is 0 Å². The predicted octanol–water partition coefficient (Wildman–Crippen LogP) is 2.48. The van der Waals surface area contributed by atoms with Crippen molar-refractivity contribution in [3.8, 4) is 5.75 Å². The summed E-state index contributed by atoms with van der Waals surface area (Å²) in [6, 6.07) is 3.57. The summed E-state index contributed by atoms with van der Waals surface area (Å²) in [7, 11) is 5.40. The Balaban J connectivity index is 3.21. The zero-order chi connectivity index (χ0) is 14.6.